The molecule has 0 saturated carbocycles. The number of benzene rings is 1. The van der Waals surface area contributed by atoms with Crippen molar-refractivity contribution in [2.24, 2.45) is 10.2 Å². The van der Waals surface area contributed by atoms with Crippen molar-refractivity contribution in [1.82, 2.24) is 10.4 Å². The van der Waals surface area contributed by atoms with Crippen molar-refractivity contribution in [2.75, 3.05) is 0 Å². The van der Waals surface area contributed by atoms with Crippen LogP contribution in [0.4, 0.5) is 0 Å². The van der Waals surface area contributed by atoms with Crippen LogP contribution in [0.1, 0.15) is 17.5 Å². The predicted octanol–water partition coefficient (Wildman–Crippen LogP) is 0.847. The summed E-state index contributed by atoms with van der Waals surface area (Å²) in [5.41, 5.74) is 5.65. The van der Waals surface area contributed by atoms with E-state index in [9.17, 15) is 4.79 Å². The van der Waals surface area contributed by atoms with Crippen molar-refractivity contribution in [3.63, 3.8) is 0 Å². The van der Waals surface area contributed by atoms with Gasteiger partial charge in [0.25, 0.3) is 5.91 Å². The van der Waals surface area contributed by atoms with Gasteiger partial charge in [0.05, 0.1) is 5.71 Å². The average Bonchev–Trinajstić information content (AvgIpc) is 2.75. The lowest BCUT2D eigenvalue weighted by molar-refractivity contribution is -0.125. The lowest BCUT2D eigenvalue weighted by Gasteiger charge is -2.20. The van der Waals surface area contributed by atoms with Gasteiger partial charge in [-0.1, -0.05) is 29.8 Å². The summed E-state index contributed by atoms with van der Waals surface area (Å²) in [7, 11) is 0. The molecule has 2 aliphatic rings. The minimum Gasteiger partial charge on any atom is -0.271 e. The molecule has 1 atom stereocenters. The molecule has 0 fully saturated rings. The van der Waals surface area contributed by atoms with E-state index >= 15 is 0 Å². The highest BCUT2D eigenvalue weighted by atomic mass is 16.2. The van der Waals surface area contributed by atoms with Crippen LogP contribution >= 0.6 is 0 Å². The molecule has 1 aromatic carbocycles. The Morgan fingerprint density at radius 1 is 1.35 bits per heavy atom. The number of aryl methyl sites for hydroxylation is 1. The number of nitrogens with one attached hydrogen (secondary N) is 1. The summed E-state index contributed by atoms with van der Waals surface area (Å²) < 4.78 is 0. The van der Waals surface area contributed by atoms with Crippen LogP contribution in [0.15, 0.2) is 34.5 Å². The zero-order chi connectivity index (χ0) is 11.8. The lowest BCUT2D eigenvalue weighted by Crippen LogP contribution is -2.44. The van der Waals surface area contributed by atoms with Crippen LogP contribution in [0.3, 0.4) is 0 Å². The van der Waals surface area contributed by atoms with Gasteiger partial charge in [-0.25, -0.2) is 10.4 Å². The Balaban J connectivity index is 1.90. The molecule has 0 bridgehead atoms. The summed E-state index contributed by atoms with van der Waals surface area (Å²) in [6.07, 6.45) is 2.17. The number of hydrogen-bond donors (Lipinski definition) is 1. The standard InChI is InChI=1S/C12H12N4O/c1-8-2-4-9(5-3-8)10-6-11-12(17)14-13-7-16(11)15-10/h2-5,7,11H,6H2,1H3,(H,14,17). The van der Waals surface area contributed by atoms with Crippen molar-refractivity contribution < 1.29 is 4.79 Å². The monoisotopic (exact) mass is 228 g/mol. The third-order valence-electron chi connectivity index (χ3n) is 2.98. The van der Waals surface area contributed by atoms with Gasteiger partial charge in [0.1, 0.15) is 12.4 Å². The van der Waals surface area contributed by atoms with E-state index in [1.165, 1.54) is 5.56 Å². The van der Waals surface area contributed by atoms with Crippen molar-refractivity contribution in [3.05, 3.63) is 35.4 Å². The second kappa shape index (κ2) is 3.69. The molecular formula is C12H12N4O. The molecule has 86 valence electrons. The molecule has 3 rings (SSSR count). The fourth-order valence-electron chi connectivity index (χ4n) is 1.99. The molecule has 5 nitrogen and oxygen atoms in total. The van der Waals surface area contributed by atoms with Crippen molar-refractivity contribution in [1.29, 1.82) is 0 Å². The summed E-state index contributed by atoms with van der Waals surface area (Å²) in [5.74, 6) is -0.0987. The fourth-order valence-corrected chi connectivity index (χ4v) is 1.99. The Hall–Kier alpha value is -2.17. The van der Waals surface area contributed by atoms with E-state index in [4.69, 9.17) is 0 Å². The molecule has 0 spiro atoms. The van der Waals surface area contributed by atoms with Gasteiger partial charge in [0.15, 0.2) is 0 Å². The van der Waals surface area contributed by atoms with E-state index in [-0.39, 0.29) is 11.9 Å². The summed E-state index contributed by atoms with van der Waals surface area (Å²) in [6, 6.07) is 7.90. The molecule has 2 aliphatic heterocycles. The molecule has 1 N–H and O–H groups in total. The second-order valence-corrected chi connectivity index (χ2v) is 4.23. The molecule has 0 saturated heterocycles. The van der Waals surface area contributed by atoms with Gasteiger partial charge in [-0.3, -0.25) is 4.79 Å². The van der Waals surface area contributed by atoms with Crippen LogP contribution in [0.2, 0.25) is 0 Å². The summed E-state index contributed by atoms with van der Waals surface area (Å²) in [6.45, 7) is 2.05. The molecule has 2 heterocycles. The first kappa shape index (κ1) is 10.0. The van der Waals surface area contributed by atoms with E-state index in [1.54, 1.807) is 11.3 Å². The second-order valence-electron chi connectivity index (χ2n) is 4.23. The summed E-state index contributed by atoms with van der Waals surface area (Å²) in [4.78, 5) is 11.6. The largest absolute Gasteiger partial charge is 0.271 e. The van der Waals surface area contributed by atoms with Crippen LogP contribution in [0, 0.1) is 6.92 Å². The highest BCUT2D eigenvalue weighted by Crippen LogP contribution is 2.20. The number of rotatable bonds is 1. The first-order valence-corrected chi connectivity index (χ1v) is 5.50. The van der Waals surface area contributed by atoms with Crippen molar-refractivity contribution in [2.45, 2.75) is 19.4 Å². The highest BCUT2D eigenvalue weighted by Gasteiger charge is 2.34. The molecule has 1 aromatic rings. The maximum Gasteiger partial charge on any atom is 0.265 e. The Kier molecular flexibility index (Phi) is 2.18. The van der Waals surface area contributed by atoms with Crippen LogP contribution in [-0.4, -0.2) is 29.0 Å². The Morgan fingerprint density at radius 2 is 2.12 bits per heavy atom. The molecule has 0 aromatic heterocycles. The molecule has 0 aliphatic carbocycles. The number of hydrazone groups is 2. The van der Waals surface area contributed by atoms with Crippen LogP contribution in [0.25, 0.3) is 0 Å². The third kappa shape index (κ3) is 1.69. The maximum atomic E-state index is 11.6. The zero-order valence-electron chi connectivity index (χ0n) is 9.42. The smallest absolute Gasteiger partial charge is 0.265 e. The average molecular weight is 228 g/mol. The first-order valence-electron chi connectivity index (χ1n) is 5.50. The van der Waals surface area contributed by atoms with Gasteiger partial charge in [0, 0.05) is 6.42 Å². The molecule has 5 heteroatoms. The fraction of sp³-hybridized carbons (Fsp3) is 0.250. The predicted molar refractivity (Wildman–Crippen MR) is 64.6 cm³/mol. The molecule has 1 amide bonds. The molecule has 0 radical (unpaired) electrons. The first-order chi connectivity index (χ1) is 8.24. The van der Waals surface area contributed by atoms with Gasteiger partial charge in [-0.05, 0) is 12.5 Å². The topological polar surface area (TPSA) is 57.1 Å². The van der Waals surface area contributed by atoms with Gasteiger partial charge in [0.2, 0.25) is 0 Å². The zero-order valence-corrected chi connectivity index (χ0v) is 9.42. The van der Waals surface area contributed by atoms with E-state index in [0.29, 0.717) is 6.42 Å². The summed E-state index contributed by atoms with van der Waals surface area (Å²) in [5, 5.41) is 9.76. The Morgan fingerprint density at radius 3 is 2.82 bits per heavy atom. The number of carbonyl (C=O) groups is 1. The Bertz CT molecular complexity index is 518. The quantitative estimate of drug-likeness (QED) is 0.774. The van der Waals surface area contributed by atoms with Gasteiger partial charge < -0.3 is 0 Å². The SMILES string of the molecule is Cc1ccc(C2=NN3C=NNC(=O)C3C2)cc1. The molecule has 1 unspecified atom stereocenters. The van der Waals surface area contributed by atoms with E-state index in [2.05, 4.69) is 15.6 Å². The maximum absolute atomic E-state index is 11.6. The van der Waals surface area contributed by atoms with Crippen molar-refractivity contribution in [3.8, 4) is 0 Å². The number of fused-ring (bicyclic) bond motifs is 1. The van der Waals surface area contributed by atoms with Crippen LogP contribution < -0.4 is 5.43 Å². The minimum absolute atomic E-state index is 0.0987. The van der Waals surface area contributed by atoms with E-state index < -0.39 is 0 Å². The highest BCUT2D eigenvalue weighted by molar-refractivity contribution is 6.06. The van der Waals surface area contributed by atoms with E-state index in [0.717, 1.165) is 11.3 Å². The third-order valence-corrected chi connectivity index (χ3v) is 2.98. The van der Waals surface area contributed by atoms with Gasteiger partial charge in [-0.15, -0.1) is 0 Å². The number of nitrogens with zero attached hydrogens (tertiary/aromatic N) is 3. The number of hydrogen-bond acceptors (Lipinski definition) is 4. The number of carbonyl (C=O) groups excluding carboxylic acids is 1. The van der Waals surface area contributed by atoms with Gasteiger partial charge >= 0.3 is 0 Å². The lowest BCUT2D eigenvalue weighted by atomic mass is 10.0. The summed E-state index contributed by atoms with van der Waals surface area (Å²) >= 11 is 0. The van der Waals surface area contributed by atoms with Crippen LogP contribution in [-0.2, 0) is 4.79 Å². The minimum atomic E-state index is -0.246. The van der Waals surface area contributed by atoms with E-state index in [1.807, 2.05) is 31.2 Å². The molecule has 17 heavy (non-hydrogen) atoms. The molecular weight excluding hydrogens is 216 g/mol. The van der Waals surface area contributed by atoms with Crippen molar-refractivity contribution >= 4 is 18.0 Å². The van der Waals surface area contributed by atoms with Gasteiger partial charge in [-0.2, -0.15) is 10.2 Å². The normalized spacial score (nSPS) is 22.2. The Labute approximate surface area is 98.8 Å². The van der Waals surface area contributed by atoms with Crippen LogP contribution in [0.5, 0.6) is 0 Å². The number of amides is 1.